The van der Waals surface area contributed by atoms with Crippen molar-refractivity contribution in [2.75, 3.05) is 11.1 Å². The first-order valence-electron chi connectivity index (χ1n) is 9.83. The van der Waals surface area contributed by atoms with Gasteiger partial charge in [-0.15, -0.1) is 10.2 Å². The number of para-hydroxylation sites is 1. The topological polar surface area (TPSA) is 59.8 Å². The Kier molecular flexibility index (Phi) is 6.93. The number of aryl methyl sites for hydroxylation is 1. The van der Waals surface area contributed by atoms with Crippen LogP contribution in [0.25, 0.3) is 0 Å². The summed E-state index contributed by atoms with van der Waals surface area (Å²) in [6.07, 6.45) is 0. The smallest absolute Gasteiger partial charge is 0.210 e. The minimum absolute atomic E-state index is 0.0207. The van der Waals surface area contributed by atoms with E-state index in [1.54, 1.807) is 18.2 Å². The average molecular weight is 487 g/mol. The van der Waals surface area contributed by atoms with Gasteiger partial charge >= 0.3 is 0 Å². The number of carbonyl (C=O) groups excluding carboxylic acids is 1. The maximum Gasteiger partial charge on any atom is 0.210 e. The van der Waals surface area contributed by atoms with Crippen molar-refractivity contribution in [3.8, 4) is 0 Å². The minimum atomic E-state index is -0.362. The Hall–Kier alpha value is -2.68. The van der Waals surface area contributed by atoms with E-state index in [0.717, 1.165) is 17.0 Å². The Balaban J connectivity index is 1.41. The number of nitrogens with one attached hydrogen (secondary N) is 1. The Morgan fingerprint density at radius 2 is 1.91 bits per heavy atom. The molecule has 0 atom stereocenters. The largest absolute Gasteiger partial charge is 0.344 e. The molecule has 2 aromatic heterocycles. The zero-order valence-electron chi connectivity index (χ0n) is 17.4. The van der Waals surface area contributed by atoms with E-state index in [4.69, 9.17) is 11.6 Å². The van der Waals surface area contributed by atoms with Crippen molar-refractivity contribution in [1.29, 1.82) is 0 Å². The van der Waals surface area contributed by atoms with Crippen LogP contribution in [0.4, 0.5) is 15.2 Å². The van der Waals surface area contributed by atoms with Gasteiger partial charge in [-0.1, -0.05) is 65.0 Å². The summed E-state index contributed by atoms with van der Waals surface area (Å²) in [6.45, 7) is 4.54. The molecule has 2 aromatic carbocycles. The molecule has 0 aliphatic rings. The molecule has 0 aliphatic heterocycles. The standard InChI is InChI=1S/C23H20ClFN4OS2/c1-14-11-17(15(2)29(14)12-16-7-3-4-8-18(16)24)21(30)13-31-23-28-27-22(32-23)26-20-10-6-5-9-19(20)25/h3-11H,12-13H2,1-2H3,(H,26,27). The Labute approximate surface area is 198 Å². The van der Waals surface area contributed by atoms with Gasteiger partial charge < -0.3 is 9.88 Å². The predicted molar refractivity (Wildman–Crippen MR) is 129 cm³/mol. The Morgan fingerprint density at radius 3 is 2.69 bits per heavy atom. The van der Waals surface area contributed by atoms with Crippen LogP contribution in [0.1, 0.15) is 27.3 Å². The van der Waals surface area contributed by atoms with Crippen LogP contribution >= 0.6 is 34.7 Å². The summed E-state index contributed by atoms with van der Waals surface area (Å²) < 4.78 is 16.5. The van der Waals surface area contributed by atoms with Crippen molar-refractivity contribution in [1.82, 2.24) is 14.8 Å². The number of rotatable bonds is 8. The van der Waals surface area contributed by atoms with Gasteiger partial charge in [0.05, 0.1) is 11.4 Å². The lowest BCUT2D eigenvalue weighted by atomic mass is 10.2. The van der Waals surface area contributed by atoms with Crippen LogP contribution in [-0.2, 0) is 6.54 Å². The number of carbonyl (C=O) groups is 1. The maximum atomic E-state index is 13.8. The number of Topliss-reactive ketones (excluding diaryl/α,β-unsaturated/α-hetero) is 1. The maximum absolute atomic E-state index is 13.8. The van der Waals surface area contributed by atoms with Crippen LogP contribution in [0.3, 0.4) is 0 Å². The van der Waals surface area contributed by atoms with Gasteiger partial charge in [0.25, 0.3) is 0 Å². The van der Waals surface area contributed by atoms with Crippen LogP contribution in [0.15, 0.2) is 58.9 Å². The monoisotopic (exact) mass is 486 g/mol. The number of thioether (sulfide) groups is 1. The predicted octanol–water partition coefficient (Wildman–Crippen LogP) is 6.52. The third-order valence-corrected chi connectivity index (χ3v) is 7.35. The molecular formula is C23H20ClFN4OS2. The molecule has 0 saturated carbocycles. The van der Waals surface area contributed by atoms with Crippen molar-refractivity contribution < 1.29 is 9.18 Å². The fraction of sp³-hybridized carbons (Fsp3) is 0.174. The molecule has 0 unspecified atom stereocenters. The molecule has 4 aromatic rings. The summed E-state index contributed by atoms with van der Waals surface area (Å²) in [4.78, 5) is 12.9. The summed E-state index contributed by atoms with van der Waals surface area (Å²) in [5.74, 6) is -0.100. The van der Waals surface area contributed by atoms with E-state index in [-0.39, 0.29) is 17.4 Å². The van der Waals surface area contributed by atoms with Crippen LogP contribution in [-0.4, -0.2) is 26.3 Å². The van der Waals surface area contributed by atoms with Gasteiger partial charge in [-0.3, -0.25) is 4.79 Å². The van der Waals surface area contributed by atoms with Gasteiger partial charge in [0.1, 0.15) is 5.82 Å². The van der Waals surface area contributed by atoms with E-state index in [9.17, 15) is 9.18 Å². The van der Waals surface area contributed by atoms with Crippen LogP contribution in [0.2, 0.25) is 5.02 Å². The van der Waals surface area contributed by atoms with Gasteiger partial charge in [0.15, 0.2) is 10.1 Å². The molecule has 32 heavy (non-hydrogen) atoms. The highest BCUT2D eigenvalue weighted by molar-refractivity contribution is 8.01. The molecule has 0 aliphatic carbocycles. The fourth-order valence-electron chi connectivity index (χ4n) is 3.33. The third kappa shape index (κ3) is 5.03. The number of hydrogen-bond donors (Lipinski definition) is 1. The first-order valence-corrected chi connectivity index (χ1v) is 12.0. The minimum Gasteiger partial charge on any atom is -0.344 e. The summed E-state index contributed by atoms with van der Waals surface area (Å²) >= 11 is 8.91. The van der Waals surface area contributed by atoms with Gasteiger partial charge in [0.2, 0.25) is 5.13 Å². The molecule has 0 saturated heterocycles. The lowest BCUT2D eigenvalue weighted by molar-refractivity contribution is 0.102. The summed E-state index contributed by atoms with van der Waals surface area (Å²) in [7, 11) is 0. The quantitative estimate of drug-likeness (QED) is 0.227. The van der Waals surface area contributed by atoms with Crippen LogP contribution < -0.4 is 5.32 Å². The van der Waals surface area contributed by atoms with Crippen molar-refractivity contribution in [3.63, 3.8) is 0 Å². The molecule has 0 spiro atoms. The number of ketones is 1. The van der Waals surface area contributed by atoms with E-state index in [2.05, 4.69) is 20.1 Å². The van der Waals surface area contributed by atoms with E-state index in [1.165, 1.54) is 29.2 Å². The highest BCUT2D eigenvalue weighted by Crippen LogP contribution is 2.29. The molecule has 5 nitrogen and oxygen atoms in total. The van der Waals surface area contributed by atoms with Crippen molar-refractivity contribution in [3.05, 3.63) is 88.0 Å². The molecule has 0 bridgehead atoms. The van der Waals surface area contributed by atoms with E-state index >= 15 is 0 Å². The lowest BCUT2D eigenvalue weighted by Crippen LogP contribution is -2.07. The van der Waals surface area contributed by atoms with Crippen molar-refractivity contribution >= 4 is 51.3 Å². The molecule has 164 valence electrons. The molecule has 1 N–H and O–H groups in total. The van der Waals surface area contributed by atoms with Gasteiger partial charge in [0, 0.05) is 28.5 Å². The van der Waals surface area contributed by atoms with E-state index in [0.29, 0.717) is 32.3 Å². The van der Waals surface area contributed by atoms with E-state index in [1.807, 2.05) is 44.2 Å². The van der Waals surface area contributed by atoms with Gasteiger partial charge in [-0.05, 0) is 43.7 Å². The van der Waals surface area contributed by atoms with Gasteiger partial charge in [-0.2, -0.15) is 0 Å². The Bertz CT molecular complexity index is 1270. The lowest BCUT2D eigenvalue weighted by Gasteiger charge is -2.11. The molecule has 2 heterocycles. The Morgan fingerprint density at radius 1 is 1.16 bits per heavy atom. The summed E-state index contributed by atoms with van der Waals surface area (Å²) in [6, 6.07) is 16.0. The van der Waals surface area contributed by atoms with Crippen LogP contribution in [0, 0.1) is 19.7 Å². The number of halogens is 2. The molecule has 4 rings (SSSR count). The highest BCUT2D eigenvalue weighted by atomic mass is 35.5. The number of aromatic nitrogens is 3. The number of nitrogens with zero attached hydrogens (tertiary/aromatic N) is 3. The van der Waals surface area contributed by atoms with E-state index < -0.39 is 0 Å². The SMILES string of the molecule is Cc1cc(C(=O)CSc2nnc(Nc3ccccc3F)s2)c(C)n1Cc1ccccc1Cl. The molecular weight excluding hydrogens is 467 g/mol. The second kappa shape index (κ2) is 9.85. The van der Waals surface area contributed by atoms with Crippen molar-refractivity contribution in [2.24, 2.45) is 0 Å². The summed E-state index contributed by atoms with van der Waals surface area (Å²) in [5.41, 5.74) is 3.95. The average Bonchev–Trinajstić information content (AvgIpc) is 3.34. The third-order valence-electron chi connectivity index (χ3n) is 5.01. The number of anilines is 2. The summed E-state index contributed by atoms with van der Waals surface area (Å²) in [5, 5.41) is 12.2. The molecule has 9 heteroatoms. The normalized spacial score (nSPS) is 11.0. The second-order valence-corrected chi connectivity index (χ2v) is 9.76. The zero-order chi connectivity index (χ0) is 22.7. The molecule has 0 amide bonds. The highest BCUT2D eigenvalue weighted by Gasteiger charge is 2.18. The number of benzene rings is 2. The second-order valence-electron chi connectivity index (χ2n) is 7.15. The van der Waals surface area contributed by atoms with Crippen molar-refractivity contribution in [2.45, 2.75) is 24.7 Å². The molecule has 0 fully saturated rings. The van der Waals surface area contributed by atoms with Crippen LogP contribution in [0.5, 0.6) is 0 Å². The number of hydrogen-bond acceptors (Lipinski definition) is 6. The zero-order valence-corrected chi connectivity index (χ0v) is 19.8. The first kappa shape index (κ1) is 22.5. The van der Waals surface area contributed by atoms with Gasteiger partial charge in [-0.25, -0.2) is 4.39 Å². The molecule has 0 radical (unpaired) electrons. The first-order chi connectivity index (χ1) is 15.4. The fourth-order valence-corrected chi connectivity index (χ4v) is 5.17.